The average molecular weight is 505 g/mol. The highest BCUT2D eigenvalue weighted by molar-refractivity contribution is 7.91. The number of nitrogens with one attached hydrogen (secondary N) is 1. The number of aromatic nitrogens is 2. The number of hydrogen-bond donors (Lipinski definition) is 1. The van der Waals surface area contributed by atoms with Crippen molar-refractivity contribution in [1.29, 1.82) is 0 Å². The Kier molecular flexibility index (Phi) is 5.90. The van der Waals surface area contributed by atoms with Crippen molar-refractivity contribution in [2.75, 3.05) is 13.1 Å². The lowest BCUT2D eigenvalue weighted by Crippen LogP contribution is -2.33. The molecular weight excluding hydrogens is 479 g/mol. The predicted octanol–water partition coefficient (Wildman–Crippen LogP) is 4.11. The summed E-state index contributed by atoms with van der Waals surface area (Å²) in [5.41, 5.74) is 3.34. The second-order valence-electron chi connectivity index (χ2n) is 9.30. The minimum atomic E-state index is -3.76. The Bertz CT molecular complexity index is 1400. The Morgan fingerprint density at radius 2 is 1.97 bits per heavy atom. The molecule has 2 heterocycles. The van der Waals surface area contributed by atoms with Crippen LogP contribution in [0.2, 0.25) is 5.02 Å². The predicted molar refractivity (Wildman–Crippen MR) is 129 cm³/mol. The minimum absolute atomic E-state index is 0.0602. The Morgan fingerprint density at radius 1 is 1.21 bits per heavy atom. The molecule has 5 rings (SSSR count). The summed E-state index contributed by atoms with van der Waals surface area (Å²) >= 11 is 6.17. The zero-order valence-electron chi connectivity index (χ0n) is 19.0. The smallest absolute Gasteiger partial charge is 0.267 e. The Morgan fingerprint density at radius 3 is 2.71 bits per heavy atom. The van der Waals surface area contributed by atoms with E-state index in [0.29, 0.717) is 34.5 Å². The molecule has 2 aromatic carbocycles. The molecule has 0 unspecified atom stereocenters. The molecule has 1 saturated carbocycles. The third kappa shape index (κ3) is 4.44. The molecule has 2 aliphatic rings. The zero-order valence-corrected chi connectivity index (χ0v) is 20.6. The van der Waals surface area contributed by atoms with Gasteiger partial charge in [0.05, 0.1) is 28.1 Å². The van der Waals surface area contributed by atoms with Crippen LogP contribution in [0.4, 0.5) is 4.39 Å². The Balaban J connectivity index is 1.38. The Hall–Kier alpha value is -2.49. The van der Waals surface area contributed by atoms with Crippen LogP contribution in [0.1, 0.15) is 52.5 Å². The lowest BCUT2D eigenvalue weighted by Gasteiger charge is -2.18. The maximum absolute atomic E-state index is 15.0. The molecule has 10 heteroatoms. The zero-order chi connectivity index (χ0) is 24.2. The maximum atomic E-state index is 15.0. The van der Waals surface area contributed by atoms with Gasteiger partial charge in [-0.2, -0.15) is 5.10 Å². The van der Waals surface area contributed by atoms with Gasteiger partial charge in [-0.3, -0.25) is 14.4 Å². The van der Waals surface area contributed by atoms with Crippen molar-refractivity contribution < 1.29 is 17.6 Å². The van der Waals surface area contributed by atoms with Gasteiger partial charge in [0.2, 0.25) is 10.0 Å². The van der Waals surface area contributed by atoms with Gasteiger partial charge in [-0.05, 0) is 62.4 Å². The fourth-order valence-electron chi connectivity index (χ4n) is 4.62. The van der Waals surface area contributed by atoms with Crippen LogP contribution < -0.4 is 4.72 Å². The van der Waals surface area contributed by atoms with Crippen LogP contribution in [0.3, 0.4) is 0 Å². The lowest BCUT2D eigenvalue weighted by molar-refractivity contribution is 0.0977. The van der Waals surface area contributed by atoms with Crippen molar-refractivity contribution in [3.63, 3.8) is 0 Å². The number of sulfonamides is 1. The monoisotopic (exact) mass is 504 g/mol. The van der Waals surface area contributed by atoms with Crippen LogP contribution in [0, 0.1) is 19.7 Å². The third-order valence-corrected chi connectivity index (χ3v) is 8.78. The molecule has 7 nitrogen and oxygen atoms in total. The number of fused-ring (bicyclic) bond motifs is 1. The summed E-state index contributed by atoms with van der Waals surface area (Å²) in [5, 5.41) is 5.44. The van der Waals surface area contributed by atoms with Crippen LogP contribution in [-0.4, -0.2) is 47.3 Å². The van der Waals surface area contributed by atoms with E-state index in [2.05, 4.69) is 16.9 Å². The highest BCUT2D eigenvalue weighted by Crippen LogP contribution is 2.31. The molecule has 3 aromatic rings. The van der Waals surface area contributed by atoms with E-state index in [-0.39, 0.29) is 11.6 Å². The van der Waals surface area contributed by atoms with Crippen LogP contribution in [0.25, 0.3) is 10.9 Å². The van der Waals surface area contributed by atoms with E-state index < -0.39 is 27.0 Å². The molecule has 0 radical (unpaired) electrons. The second kappa shape index (κ2) is 8.62. The van der Waals surface area contributed by atoms with E-state index in [1.165, 1.54) is 23.3 Å². The van der Waals surface area contributed by atoms with Crippen molar-refractivity contribution >= 4 is 38.4 Å². The van der Waals surface area contributed by atoms with Crippen molar-refractivity contribution in [1.82, 2.24) is 19.4 Å². The summed E-state index contributed by atoms with van der Waals surface area (Å²) in [4.78, 5) is 14.9. The minimum Gasteiger partial charge on any atom is -0.297 e. The number of hydrogen-bond acceptors (Lipinski definition) is 5. The first-order valence-corrected chi connectivity index (χ1v) is 13.3. The number of rotatable bonds is 6. The number of halogens is 2. The van der Waals surface area contributed by atoms with E-state index in [9.17, 15) is 17.6 Å². The van der Waals surface area contributed by atoms with Crippen molar-refractivity contribution in [3.05, 3.63) is 63.6 Å². The standard InChI is InChI=1S/C24H26ClFN4O3S/c1-14-3-4-17(25)9-16(14)12-29-8-7-18(13-29)30-23-11-22(26)21(10-20(23)15(2)27-30)24(31)28-34(32,33)19-5-6-19/h3-4,9-11,18-19H,5-8,12-13H2,1-2H3,(H,28,31)/t18-/m1/s1. The number of nitrogens with zero attached hydrogens (tertiary/aromatic N) is 3. The first-order valence-electron chi connectivity index (χ1n) is 11.3. The molecule has 1 amide bonds. The molecule has 2 fully saturated rings. The van der Waals surface area contributed by atoms with Gasteiger partial charge in [0.25, 0.3) is 5.91 Å². The van der Waals surface area contributed by atoms with E-state index >= 15 is 0 Å². The Labute approximate surface area is 202 Å². The molecule has 180 valence electrons. The van der Waals surface area contributed by atoms with E-state index in [1.807, 2.05) is 27.6 Å². The molecule has 1 atom stereocenters. The quantitative estimate of drug-likeness (QED) is 0.546. The van der Waals surface area contributed by atoms with Gasteiger partial charge >= 0.3 is 0 Å². The van der Waals surface area contributed by atoms with Crippen molar-refractivity contribution in [2.45, 2.75) is 50.9 Å². The topological polar surface area (TPSA) is 84.3 Å². The summed E-state index contributed by atoms with van der Waals surface area (Å²) in [6.45, 7) is 6.28. The summed E-state index contributed by atoms with van der Waals surface area (Å²) in [5.74, 6) is -1.70. The van der Waals surface area contributed by atoms with Gasteiger partial charge in [0.1, 0.15) is 5.82 Å². The molecule has 1 aliphatic heterocycles. The van der Waals surface area contributed by atoms with Crippen molar-refractivity contribution in [3.8, 4) is 0 Å². The highest BCUT2D eigenvalue weighted by atomic mass is 35.5. The highest BCUT2D eigenvalue weighted by Gasteiger charge is 2.37. The molecule has 1 saturated heterocycles. The van der Waals surface area contributed by atoms with E-state index in [4.69, 9.17) is 11.6 Å². The van der Waals surface area contributed by atoms with Gasteiger partial charge in [-0.25, -0.2) is 17.5 Å². The van der Waals surface area contributed by atoms with E-state index in [0.717, 1.165) is 26.1 Å². The molecule has 0 spiro atoms. The molecule has 34 heavy (non-hydrogen) atoms. The lowest BCUT2D eigenvalue weighted by atomic mass is 10.1. The van der Waals surface area contributed by atoms with Gasteiger partial charge in [-0.15, -0.1) is 0 Å². The number of amides is 1. The first kappa shape index (κ1) is 23.3. The molecule has 1 aromatic heterocycles. The molecule has 0 bridgehead atoms. The normalized spacial score (nSPS) is 19.1. The van der Waals surface area contributed by atoms with Crippen LogP contribution >= 0.6 is 11.6 Å². The summed E-state index contributed by atoms with van der Waals surface area (Å²) < 4.78 is 43.0. The number of carbonyl (C=O) groups excluding carboxylic acids is 1. The SMILES string of the molecule is Cc1ccc(Cl)cc1CN1CC[C@@H](n2nc(C)c3cc(C(=O)NS(=O)(=O)C4CC4)c(F)cc32)C1. The average Bonchev–Trinajstić information content (AvgIpc) is 3.47. The third-order valence-electron chi connectivity index (χ3n) is 6.72. The van der Waals surface area contributed by atoms with Crippen LogP contribution in [0.5, 0.6) is 0 Å². The van der Waals surface area contributed by atoms with Gasteiger partial charge in [0, 0.05) is 36.1 Å². The number of likely N-dealkylation sites (tertiary alicyclic amines) is 1. The molecular formula is C24H26ClFN4O3S. The fraction of sp³-hybridized carbons (Fsp3) is 0.417. The molecule has 1 aliphatic carbocycles. The summed E-state index contributed by atoms with van der Waals surface area (Å²) in [6, 6.07) is 8.65. The molecule has 1 N–H and O–H groups in total. The van der Waals surface area contributed by atoms with Crippen LogP contribution in [-0.2, 0) is 16.6 Å². The number of carbonyl (C=O) groups is 1. The number of aryl methyl sites for hydroxylation is 2. The fourth-order valence-corrected chi connectivity index (χ4v) is 6.10. The van der Waals surface area contributed by atoms with Gasteiger partial charge < -0.3 is 0 Å². The second-order valence-corrected chi connectivity index (χ2v) is 11.7. The number of benzene rings is 2. The largest absolute Gasteiger partial charge is 0.297 e. The van der Waals surface area contributed by atoms with Crippen LogP contribution in [0.15, 0.2) is 30.3 Å². The van der Waals surface area contributed by atoms with Gasteiger partial charge in [-0.1, -0.05) is 17.7 Å². The van der Waals surface area contributed by atoms with E-state index in [1.54, 1.807) is 6.92 Å². The summed E-state index contributed by atoms with van der Waals surface area (Å²) in [6.07, 6.45) is 1.90. The maximum Gasteiger partial charge on any atom is 0.267 e. The van der Waals surface area contributed by atoms with Crippen molar-refractivity contribution in [2.24, 2.45) is 0 Å². The summed E-state index contributed by atoms with van der Waals surface area (Å²) in [7, 11) is -3.76. The van der Waals surface area contributed by atoms with Gasteiger partial charge in [0.15, 0.2) is 0 Å². The first-order chi connectivity index (χ1) is 16.1.